The molecule has 1 saturated heterocycles. The van der Waals surface area contributed by atoms with E-state index >= 15 is 0 Å². The Morgan fingerprint density at radius 1 is 1.43 bits per heavy atom. The summed E-state index contributed by atoms with van der Waals surface area (Å²) in [6.07, 6.45) is 2.49. The van der Waals surface area contributed by atoms with E-state index in [1.165, 1.54) is 0 Å². The molecule has 0 saturated carbocycles. The van der Waals surface area contributed by atoms with Crippen molar-refractivity contribution in [3.63, 3.8) is 0 Å². The second-order valence-electron chi connectivity index (χ2n) is 6.54. The lowest BCUT2D eigenvalue weighted by Gasteiger charge is -2.54. The fraction of sp³-hybridized carbons (Fsp3) is 0.647. The Hall–Kier alpha value is -1.10. The minimum Gasteiger partial charge on any atom is -0.493 e. The van der Waals surface area contributed by atoms with Crippen molar-refractivity contribution in [2.75, 3.05) is 26.2 Å². The Morgan fingerprint density at radius 2 is 2.24 bits per heavy atom. The van der Waals surface area contributed by atoms with Crippen LogP contribution in [-0.4, -0.2) is 36.9 Å². The zero-order valence-corrected chi connectivity index (χ0v) is 12.8. The molecule has 0 bridgehead atoms. The van der Waals surface area contributed by atoms with Crippen molar-refractivity contribution >= 4 is 0 Å². The summed E-state index contributed by atoms with van der Waals surface area (Å²) in [4.78, 5) is 0. The van der Waals surface area contributed by atoms with Crippen LogP contribution in [0.5, 0.6) is 5.75 Å². The van der Waals surface area contributed by atoms with E-state index < -0.39 is 5.60 Å². The maximum atomic E-state index is 11.5. The van der Waals surface area contributed by atoms with Crippen LogP contribution in [0.15, 0.2) is 24.3 Å². The van der Waals surface area contributed by atoms with Gasteiger partial charge in [0.1, 0.15) is 5.75 Å². The molecule has 1 aromatic rings. The smallest absolute Gasteiger partial charge is 0.122 e. The van der Waals surface area contributed by atoms with E-state index in [1.54, 1.807) is 0 Å². The number of nitrogens with one attached hydrogen (secondary N) is 1. The van der Waals surface area contributed by atoms with Crippen LogP contribution in [0.4, 0.5) is 0 Å². The molecule has 3 unspecified atom stereocenters. The lowest BCUT2D eigenvalue weighted by Crippen LogP contribution is -2.66. The highest BCUT2D eigenvalue weighted by molar-refractivity contribution is 5.37. The molecule has 3 atom stereocenters. The van der Waals surface area contributed by atoms with E-state index in [0.717, 1.165) is 43.7 Å². The quantitative estimate of drug-likeness (QED) is 0.785. The minimum atomic E-state index is -0.755. The molecule has 4 nitrogen and oxygen atoms in total. The highest BCUT2D eigenvalue weighted by Crippen LogP contribution is 2.47. The average Bonchev–Trinajstić information content (AvgIpc) is 2.54. The number of fused-ring (bicyclic) bond motifs is 1. The van der Waals surface area contributed by atoms with Gasteiger partial charge in [-0.2, -0.15) is 0 Å². The van der Waals surface area contributed by atoms with Crippen LogP contribution in [0.3, 0.4) is 0 Å². The Balaban J connectivity index is 1.97. The molecular weight excluding hydrogens is 264 g/mol. The van der Waals surface area contributed by atoms with Gasteiger partial charge in [-0.05, 0) is 37.4 Å². The molecule has 2 heterocycles. The molecule has 0 spiro atoms. The van der Waals surface area contributed by atoms with E-state index in [-0.39, 0.29) is 11.3 Å². The minimum absolute atomic E-state index is 0.226. The molecule has 0 aromatic heterocycles. The molecule has 4 N–H and O–H groups in total. The summed E-state index contributed by atoms with van der Waals surface area (Å²) in [5.74, 6) is 1.16. The van der Waals surface area contributed by atoms with Crippen LogP contribution >= 0.6 is 0 Å². The zero-order chi connectivity index (χ0) is 14.9. The molecule has 2 aliphatic heterocycles. The standard InChI is InChI=1S/C17H26N2O2/c1-2-14-10-19-8-7-17(14,20)16(11-18)9-13-5-3-4-6-15(13)21-12-16/h3-6,14,19-20H,2,7-12,18H2,1H3. The number of hydrogen-bond donors (Lipinski definition) is 3. The van der Waals surface area contributed by atoms with E-state index in [4.69, 9.17) is 10.5 Å². The number of rotatable bonds is 3. The van der Waals surface area contributed by atoms with Gasteiger partial charge < -0.3 is 20.9 Å². The Bertz CT molecular complexity index is 507. The Morgan fingerprint density at radius 3 is 3.00 bits per heavy atom. The van der Waals surface area contributed by atoms with Crippen LogP contribution in [0.1, 0.15) is 25.3 Å². The molecule has 2 aliphatic rings. The number of aliphatic hydroxyl groups is 1. The first-order valence-electron chi connectivity index (χ1n) is 7.99. The second kappa shape index (κ2) is 5.59. The molecule has 116 valence electrons. The van der Waals surface area contributed by atoms with Gasteiger partial charge in [0.25, 0.3) is 0 Å². The van der Waals surface area contributed by atoms with E-state index in [9.17, 15) is 5.11 Å². The molecule has 0 amide bonds. The average molecular weight is 290 g/mol. The summed E-state index contributed by atoms with van der Waals surface area (Å²) in [6, 6.07) is 8.10. The number of benzene rings is 1. The van der Waals surface area contributed by atoms with Gasteiger partial charge in [0.15, 0.2) is 0 Å². The first kappa shape index (κ1) is 14.8. The lowest BCUT2D eigenvalue weighted by atomic mass is 9.59. The third kappa shape index (κ3) is 2.26. The largest absolute Gasteiger partial charge is 0.493 e. The molecule has 1 fully saturated rings. The summed E-state index contributed by atoms with van der Waals surface area (Å²) in [6.45, 7) is 4.80. The number of ether oxygens (including phenoxy) is 1. The van der Waals surface area contributed by atoms with Crippen LogP contribution in [-0.2, 0) is 6.42 Å². The van der Waals surface area contributed by atoms with E-state index in [0.29, 0.717) is 13.2 Å². The third-order valence-corrected chi connectivity index (χ3v) is 5.56. The van der Waals surface area contributed by atoms with Gasteiger partial charge in [-0.15, -0.1) is 0 Å². The maximum Gasteiger partial charge on any atom is 0.122 e. The first-order valence-corrected chi connectivity index (χ1v) is 7.99. The molecule has 21 heavy (non-hydrogen) atoms. The Kier molecular flexibility index (Phi) is 3.95. The van der Waals surface area contributed by atoms with E-state index in [1.807, 2.05) is 18.2 Å². The first-order chi connectivity index (χ1) is 10.1. The molecular formula is C17H26N2O2. The fourth-order valence-corrected chi connectivity index (χ4v) is 4.12. The van der Waals surface area contributed by atoms with Gasteiger partial charge in [-0.25, -0.2) is 0 Å². The van der Waals surface area contributed by atoms with Crippen molar-refractivity contribution in [2.45, 2.75) is 31.8 Å². The number of piperidine rings is 1. The highest BCUT2D eigenvalue weighted by atomic mass is 16.5. The second-order valence-corrected chi connectivity index (χ2v) is 6.54. The summed E-state index contributed by atoms with van der Waals surface area (Å²) in [7, 11) is 0. The fourth-order valence-electron chi connectivity index (χ4n) is 4.12. The van der Waals surface area contributed by atoms with Crippen LogP contribution < -0.4 is 15.8 Å². The summed E-state index contributed by atoms with van der Waals surface area (Å²) in [5.41, 5.74) is 6.19. The van der Waals surface area contributed by atoms with Crippen molar-refractivity contribution in [2.24, 2.45) is 17.1 Å². The monoisotopic (exact) mass is 290 g/mol. The van der Waals surface area contributed by atoms with Crippen LogP contribution in [0, 0.1) is 11.3 Å². The van der Waals surface area contributed by atoms with Crippen LogP contribution in [0.25, 0.3) is 0 Å². The van der Waals surface area contributed by atoms with Crippen molar-refractivity contribution in [1.82, 2.24) is 5.32 Å². The maximum absolute atomic E-state index is 11.5. The predicted octanol–water partition coefficient (Wildman–Crippen LogP) is 1.32. The summed E-state index contributed by atoms with van der Waals surface area (Å²) in [5, 5.41) is 14.9. The van der Waals surface area contributed by atoms with Gasteiger partial charge in [-0.3, -0.25) is 0 Å². The normalized spacial score (nSPS) is 35.9. The number of nitrogens with two attached hydrogens (primary N) is 1. The number of hydrogen-bond acceptors (Lipinski definition) is 4. The van der Waals surface area contributed by atoms with Crippen molar-refractivity contribution in [1.29, 1.82) is 0 Å². The molecule has 1 aromatic carbocycles. The SMILES string of the molecule is CCC1CNCCC1(O)C1(CN)COc2ccccc2C1. The van der Waals surface area contributed by atoms with Crippen molar-refractivity contribution < 1.29 is 9.84 Å². The van der Waals surface area contributed by atoms with Gasteiger partial charge in [0.2, 0.25) is 0 Å². The predicted molar refractivity (Wildman–Crippen MR) is 83.3 cm³/mol. The van der Waals surface area contributed by atoms with Crippen molar-refractivity contribution in [3.8, 4) is 5.75 Å². The summed E-state index contributed by atoms with van der Waals surface area (Å²) >= 11 is 0. The molecule has 4 heteroatoms. The highest BCUT2D eigenvalue weighted by Gasteiger charge is 2.56. The molecule has 3 rings (SSSR count). The number of para-hydroxylation sites is 1. The van der Waals surface area contributed by atoms with Gasteiger partial charge in [-0.1, -0.05) is 25.1 Å². The topological polar surface area (TPSA) is 67.5 Å². The zero-order valence-electron chi connectivity index (χ0n) is 12.8. The van der Waals surface area contributed by atoms with Gasteiger partial charge in [0.05, 0.1) is 12.2 Å². The van der Waals surface area contributed by atoms with Crippen molar-refractivity contribution in [3.05, 3.63) is 29.8 Å². The molecule has 0 radical (unpaired) electrons. The Labute approximate surface area is 126 Å². The lowest BCUT2D eigenvalue weighted by molar-refractivity contribution is -0.157. The summed E-state index contributed by atoms with van der Waals surface area (Å²) < 4.78 is 5.98. The van der Waals surface area contributed by atoms with E-state index in [2.05, 4.69) is 18.3 Å². The van der Waals surface area contributed by atoms with Gasteiger partial charge in [0, 0.05) is 24.4 Å². The third-order valence-electron chi connectivity index (χ3n) is 5.56. The van der Waals surface area contributed by atoms with Crippen LogP contribution in [0.2, 0.25) is 0 Å². The molecule has 0 aliphatic carbocycles. The van der Waals surface area contributed by atoms with Gasteiger partial charge >= 0.3 is 0 Å².